The number of aldehydes is 1. The van der Waals surface area contributed by atoms with E-state index in [9.17, 15) is 9.59 Å². The van der Waals surface area contributed by atoms with Gasteiger partial charge in [0.25, 0.3) is 0 Å². The van der Waals surface area contributed by atoms with Gasteiger partial charge in [-0.05, 0) is 24.5 Å². The third-order valence-electron chi connectivity index (χ3n) is 2.69. The Labute approximate surface area is 96.9 Å². The van der Waals surface area contributed by atoms with Gasteiger partial charge in [0.2, 0.25) is 0 Å². The van der Waals surface area contributed by atoms with Crippen LogP contribution in [0.2, 0.25) is 0 Å². The summed E-state index contributed by atoms with van der Waals surface area (Å²) in [4.78, 5) is 22.5. The summed E-state index contributed by atoms with van der Waals surface area (Å²) in [6.45, 7) is 1.29. The molecule has 0 aliphatic carbocycles. The van der Waals surface area contributed by atoms with Crippen LogP contribution in [0.15, 0.2) is 6.07 Å². The second-order valence-electron chi connectivity index (χ2n) is 3.77. The topological polar surface area (TPSA) is 63.6 Å². The molecule has 0 radical (unpaired) electrons. The van der Waals surface area contributed by atoms with Crippen molar-refractivity contribution in [3.63, 3.8) is 0 Å². The number of ether oxygens (including phenoxy) is 1. The minimum Gasteiger partial charge on any atom is -0.477 e. The van der Waals surface area contributed by atoms with Crippen LogP contribution in [0.5, 0.6) is 0 Å². The summed E-state index contributed by atoms with van der Waals surface area (Å²) in [5.74, 6) is -0.844. The van der Waals surface area contributed by atoms with Crippen LogP contribution < -0.4 is 0 Å². The van der Waals surface area contributed by atoms with Crippen LogP contribution in [0.1, 0.15) is 43.7 Å². The molecule has 86 valence electrons. The summed E-state index contributed by atoms with van der Waals surface area (Å²) in [5.41, 5.74) is 0.749. The second-order valence-corrected chi connectivity index (χ2v) is 4.85. The lowest BCUT2D eigenvalue weighted by Gasteiger charge is -2.21. The standard InChI is InChI=1S/C11H12O4S/c12-5-8-4-9(10(16-8)11(13)14)7-2-1-3-15-6-7/h4-5,7H,1-3,6H2,(H,13,14). The highest BCUT2D eigenvalue weighted by atomic mass is 32.1. The number of hydrogen-bond donors (Lipinski definition) is 1. The molecular weight excluding hydrogens is 228 g/mol. The van der Waals surface area contributed by atoms with Crippen LogP contribution in [0.25, 0.3) is 0 Å². The lowest BCUT2D eigenvalue weighted by atomic mass is 9.94. The van der Waals surface area contributed by atoms with E-state index in [-0.39, 0.29) is 10.8 Å². The second kappa shape index (κ2) is 4.76. The lowest BCUT2D eigenvalue weighted by Crippen LogP contribution is -2.16. The SMILES string of the molecule is O=Cc1cc(C2CCCOC2)c(C(=O)O)s1. The Balaban J connectivity index is 2.33. The van der Waals surface area contributed by atoms with Crippen LogP contribution in [0.4, 0.5) is 0 Å². The Bertz CT molecular complexity index is 404. The van der Waals surface area contributed by atoms with Gasteiger partial charge >= 0.3 is 5.97 Å². The van der Waals surface area contributed by atoms with Gasteiger partial charge in [0, 0.05) is 12.5 Å². The molecule has 1 aromatic rings. The van der Waals surface area contributed by atoms with Crippen molar-refractivity contribution < 1.29 is 19.4 Å². The first-order chi connectivity index (χ1) is 7.72. The van der Waals surface area contributed by atoms with Gasteiger partial charge in [0.15, 0.2) is 6.29 Å². The first kappa shape index (κ1) is 11.3. The smallest absolute Gasteiger partial charge is 0.346 e. The summed E-state index contributed by atoms with van der Waals surface area (Å²) in [6.07, 6.45) is 2.57. The number of carboxylic acids is 1. The van der Waals surface area contributed by atoms with Crippen LogP contribution in [0, 0.1) is 0 Å². The molecule has 1 aliphatic heterocycles. The molecule has 16 heavy (non-hydrogen) atoms. The maximum Gasteiger partial charge on any atom is 0.346 e. The van der Waals surface area contributed by atoms with Gasteiger partial charge in [0.1, 0.15) is 4.88 Å². The van der Waals surface area contributed by atoms with Crippen molar-refractivity contribution >= 4 is 23.6 Å². The van der Waals surface area contributed by atoms with Gasteiger partial charge in [-0.15, -0.1) is 11.3 Å². The van der Waals surface area contributed by atoms with E-state index < -0.39 is 5.97 Å². The van der Waals surface area contributed by atoms with Crippen molar-refractivity contribution in [3.8, 4) is 0 Å². The molecular formula is C11H12O4S. The molecule has 1 saturated heterocycles. The fourth-order valence-electron chi connectivity index (χ4n) is 1.94. The predicted octanol–water partition coefficient (Wildman–Crippen LogP) is 2.15. The summed E-state index contributed by atoms with van der Waals surface area (Å²) in [6, 6.07) is 1.68. The number of carbonyl (C=O) groups excluding carboxylic acids is 1. The molecule has 0 saturated carbocycles. The van der Waals surface area contributed by atoms with Gasteiger partial charge in [-0.1, -0.05) is 0 Å². The van der Waals surface area contributed by atoms with Gasteiger partial charge in [-0.2, -0.15) is 0 Å². The zero-order valence-corrected chi connectivity index (χ0v) is 9.46. The summed E-state index contributed by atoms with van der Waals surface area (Å²) >= 11 is 1.04. The minimum absolute atomic E-state index is 0.116. The number of thiophene rings is 1. The predicted molar refractivity (Wildman–Crippen MR) is 59.5 cm³/mol. The fourth-order valence-corrected chi connectivity index (χ4v) is 2.84. The summed E-state index contributed by atoms with van der Waals surface area (Å²) < 4.78 is 5.34. The molecule has 2 heterocycles. The molecule has 0 spiro atoms. The molecule has 0 aromatic carbocycles. The highest BCUT2D eigenvalue weighted by Crippen LogP contribution is 2.33. The van der Waals surface area contributed by atoms with E-state index in [1.165, 1.54) is 0 Å². The van der Waals surface area contributed by atoms with E-state index >= 15 is 0 Å². The maximum absolute atomic E-state index is 11.0. The molecule has 1 aliphatic rings. The third kappa shape index (κ3) is 2.15. The molecule has 5 heteroatoms. The van der Waals surface area contributed by atoms with E-state index in [0.717, 1.165) is 36.3 Å². The molecule has 1 N–H and O–H groups in total. The third-order valence-corrected chi connectivity index (χ3v) is 3.75. The Morgan fingerprint density at radius 2 is 2.44 bits per heavy atom. The Hall–Kier alpha value is -1.20. The van der Waals surface area contributed by atoms with Gasteiger partial charge < -0.3 is 9.84 Å². The van der Waals surface area contributed by atoms with Crippen LogP contribution >= 0.6 is 11.3 Å². The molecule has 1 atom stereocenters. The van der Waals surface area contributed by atoms with E-state index in [1.54, 1.807) is 6.07 Å². The Kier molecular flexibility index (Phi) is 3.36. The first-order valence-electron chi connectivity index (χ1n) is 5.12. The van der Waals surface area contributed by atoms with Crippen molar-refractivity contribution in [1.82, 2.24) is 0 Å². The average Bonchev–Trinajstić information content (AvgIpc) is 2.74. The summed E-state index contributed by atoms with van der Waals surface area (Å²) in [5, 5.41) is 9.06. The van der Waals surface area contributed by atoms with Crippen LogP contribution in [0.3, 0.4) is 0 Å². The normalized spacial score (nSPS) is 20.6. The quantitative estimate of drug-likeness (QED) is 0.822. The van der Waals surface area contributed by atoms with E-state index in [4.69, 9.17) is 9.84 Å². The number of carboxylic acid groups (broad SMARTS) is 1. The van der Waals surface area contributed by atoms with E-state index in [0.29, 0.717) is 17.8 Å². The molecule has 4 nitrogen and oxygen atoms in total. The zero-order chi connectivity index (χ0) is 11.5. The van der Waals surface area contributed by atoms with Gasteiger partial charge in [-0.3, -0.25) is 4.79 Å². The Morgan fingerprint density at radius 3 is 3.00 bits per heavy atom. The fraction of sp³-hybridized carbons (Fsp3) is 0.455. The van der Waals surface area contributed by atoms with Crippen LogP contribution in [-0.2, 0) is 4.74 Å². The number of aromatic carboxylic acids is 1. The molecule has 1 fully saturated rings. The molecule has 1 unspecified atom stereocenters. The number of rotatable bonds is 3. The first-order valence-corrected chi connectivity index (χ1v) is 5.94. The lowest BCUT2D eigenvalue weighted by molar-refractivity contribution is 0.0687. The number of hydrogen-bond acceptors (Lipinski definition) is 4. The maximum atomic E-state index is 11.0. The highest BCUT2D eigenvalue weighted by molar-refractivity contribution is 7.15. The minimum atomic E-state index is -0.960. The average molecular weight is 240 g/mol. The molecule has 2 rings (SSSR count). The highest BCUT2D eigenvalue weighted by Gasteiger charge is 2.24. The monoisotopic (exact) mass is 240 g/mol. The van der Waals surface area contributed by atoms with E-state index in [2.05, 4.69) is 0 Å². The van der Waals surface area contributed by atoms with Crippen molar-refractivity contribution in [1.29, 1.82) is 0 Å². The summed E-state index contributed by atoms with van der Waals surface area (Å²) in [7, 11) is 0. The van der Waals surface area contributed by atoms with Crippen molar-refractivity contribution in [3.05, 3.63) is 21.4 Å². The van der Waals surface area contributed by atoms with Gasteiger partial charge in [-0.25, -0.2) is 4.79 Å². The molecule has 0 amide bonds. The Morgan fingerprint density at radius 1 is 1.62 bits per heavy atom. The zero-order valence-electron chi connectivity index (χ0n) is 8.64. The van der Waals surface area contributed by atoms with Crippen molar-refractivity contribution in [2.24, 2.45) is 0 Å². The number of carbonyl (C=O) groups is 2. The van der Waals surface area contributed by atoms with Crippen LogP contribution in [-0.4, -0.2) is 30.6 Å². The largest absolute Gasteiger partial charge is 0.477 e. The van der Waals surface area contributed by atoms with Crippen molar-refractivity contribution in [2.75, 3.05) is 13.2 Å². The van der Waals surface area contributed by atoms with E-state index in [1.807, 2.05) is 0 Å². The van der Waals surface area contributed by atoms with Crippen molar-refractivity contribution in [2.45, 2.75) is 18.8 Å². The van der Waals surface area contributed by atoms with Gasteiger partial charge in [0.05, 0.1) is 11.5 Å². The molecule has 1 aromatic heterocycles. The molecule has 0 bridgehead atoms.